The molecule has 1 aromatic carbocycles. The number of hydrogen-bond acceptors (Lipinski definition) is 3. The maximum atomic E-state index is 11.7. The first-order chi connectivity index (χ1) is 8.31. The van der Waals surface area contributed by atoms with Gasteiger partial charge in [-0.15, -0.1) is 12.3 Å². The molecule has 17 heavy (non-hydrogen) atoms. The van der Waals surface area contributed by atoms with Crippen molar-refractivity contribution in [3.05, 3.63) is 23.8 Å². The van der Waals surface area contributed by atoms with Crippen LogP contribution >= 0.6 is 0 Å². The number of carbonyl (C=O) groups is 1. The fraction of sp³-hybridized carbons (Fsp3) is 0.308. The zero-order chi connectivity index (χ0) is 12.1. The molecule has 0 bridgehead atoms. The third-order valence-corrected chi connectivity index (χ3v) is 2.42. The Morgan fingerprint density at radius 2 is 2.24 bits per heavy atom. The van der Waals surface area contributed by atoms with Gasteiger partial charge in [0, 0.05) is 18.5 Å². The number of benzene rings is 1. The fourth-order valence-corrected chi connectivity index (χ4v) is 1.53. The van der Waals surface area contributed by atoms with Crippen LogP contribution < -0.4 is 14.8 Å². The van der Waals surface area contributed by atoms with Gasteiger partial charge in [-0.25, -0.2) is 0 Å². The first-order valence-corrected chi connectivity index (χ1v) is 5.42. The molecule has 0 fully saturated rings. The molecule has 0 aliphatic carbocycles. The summed E-state index contributed by atoms with van der Waals surface area (Å²) in [5, 5.41) is 2.79. The predicted molar refractivity (Wildman–Crippen MR) is 63.0 cm³/mol. The van der Waals surface area contributed by atoms with Crippen molar-refractivity contribution >= 4 is 5.91 Å². The molecule has 4 heteroatoms. The molecule has 1 aromatic rings. The number of ether oxygens (including phenoxy) is 2. The third-order valence-electron chi connectivity index (χ3n) is 2.42. The van der Waals surface area contributed by atoms with Gasteiger partial charge in [0.25, 0.3) is 5.91 Å². The van der Waals surface area contributed by atoms with E-state index in [-0.39, 0.29) is 12.7 Å². The van der Waals surface area contributed by atoms with Gasteiger partial charge in [-0.3, -0.25) is 4.79 Å². The second-order valence-corrected chi connectivity index (χ2v) is 3.63. The Morgan fingerprint density at radius 3 is 3.06 bits per heavy atom. The minimum atomic E-state index is -0.125. The lowest BCUT2D eigenvalue weighted by molar-refractivity contribution is 0.0953. The average molecular weight is 231 g/mol. The highest BCUT2D eigenvalue weighted by Crippen LogP contribution is 2.32. The number of rotatable bonds is 4. The Balaban J connectivity index is 1.93. The fourth-order valence-electron chi connectivity index (χ4n) is 1.53. The van der Waals surface area contributed by atoms with Crippen molar-refractivity contribution < 1.29 is 14.3 Å². The summed E-state index contributed by atoms with van der Waals surface area (Å²) in [5.41, 5.74) is 0.565. The molecule has 0 aromatic heterocycles. The van der Waals surface area contributed by atoms with Crippen LogP contribution in [0.3, 0.4) is 0 Å². The highest BCUT2D eigenvalue weighted by molar-refractivity contribution is 5.94. The molecule has 0 saturated heterocycles. The van der Waals surface area contributed by atoms with Gasteiger partial charge in [-0.1, -0.05) is 0 Å². The minimum Gasteiger partial charge on any atom is -0.454 e. The molecule has 0 saturated carbocycles. The summed E-state index contributed by atoms with van der Waals surface area (Å²) in [5.74, 6) is 3.69. The number of nitrogens with one attached hydrogen (secondary N) is 1. The number of fused-ring (bicyclic) bond motifs is 1. The molecular weight excluding hydrogens is 218 g/mol. The van der Waals surface area contributed by atoms with Crippen molar-refractivity contribution in [1.29, 1.82) is 0 Å². The number of terminal acetylenes is 1. The Labute approximate surface area is 99.9 Å². The van der Waals surface area contributed by atoms with E-state index < -0.39 is 0 Å². The standard InChI is InChI=1S/C13H13NO3/c1-2-3-4-7-14-13(15)10-5-6-11-12(8-10)17-9-16-11/h1,5-6,8H,3-4,7,9H2,(H,14,15). The van der Waals surface area contributed by atoms with Gasteiger partial charge < -0.3 is 14.8 Å². The van der Waals surface area contributed by atoms with E-state index in [1.165, 1.54) is 0 Å². The zero-order valence-corrected chi connectivity index (χ0v) is 9.36. The van der Waals surface area contributed by atoms with Crippen LogP contribution in [0.2, 0.25) is 0 Å². The van der Waals surface area contributed by atoms with Gasteiger partial charge in [0.1, 0.15) is 0 Å². The third kappa shape index (κ3) is 2.70. The quantitative estimate of drug-likeness (QED) is 0.632. The van der Waals surface area contributed by atoms with Crippen molar-refractivity contribution in [3.63, 3.8) is 0 Å². The summed E-state index contributed by atoms with van der Waals surface area (Å²) in [7, 11) is 0. The second-order valence-electron chi connectivity index (χ2n) is 3.63. The van der Waals surface area contributed by atoms with Crippen LogP contribution in [0, 0.1) is 12.3 Å². The highest BCUT2D eigenvalue weighted by Gasteiger charge is 2.15. The molecule has 4 nitrogen and oxygen atoms in total. The van der Waals surface area contributed by atoms with Crippen molar-refractivity contribution in [3.8, 4) is 23.8 Å². The monoisotopic (exact) mass is 231 g/mol. The maximum Gasteiger partial charge on any atom is 0.251 e. The maximum absolute atomic E-state index is 11.7. The molecule has 1 N–H and O–H groups in total. The molecule has 0 atom stereocenters. The van der Waals surface area contributed by atoms with Crippen LogP contribution in [0.25, 0.3) is 0 Å². The Kier molecular flexibility index (Phi) is 3.51. The van der Waals surface area contributed by atoms with Gasteiger partial charge in [-0.2, -0.15) is 0 Å². The van der Waals surface area contributed by atoms with Crippen LogP contribution in [0.4, 0.5) is 0 Å². The number of unbranched alkanes of at least 4 members (excludes halogenated alkanes) is 1. The highest BCUT2D eigenvalue weighted by atomic mass is 16.7. The Hall–Kier alpha value is -2.15. The zero-order valence-electron chi connectivity index (χ0n) is 9.36. The molecule has 0 spiro atoms. The average Bonchev–Trinajstić information content (AvgIpc) is 2.81. The topological polar surface area (TPSA) is 47.6 Å². The number of amides is 1. The molecule has 0 unspecified atom stereocenters. The summed E-state index contributed by atoms with van der Waals surface area (Å²) in [4.78, 5) is 11.7. The van der Waals surface area contributed by atoms with Crippen molar-refractivity contribution in [2.75, 3.05) is 13.3 Å². The molecule has 1 aliphatic heterocycles. The van der Waals surface area contributed by atoms with E-state index in [0.717, 1.165) is 6.42 Å². The molecule has 2 rings (SSSR count). The molecule has 1 amide bonds. The van der Waals surface area contributed by atoms with Crippen molar-refractivity contribution in [2.24, 2.45) is 0 Å². The molecular formula is C13H13NO3. The molecule has 88 valence electrons. The summed E-state index contributed by atoms with van der Waals surface area (Å²) in [6, 6.07) is 5.13. The van der Waals surface area contributed by atoms with E-state index in [4.69, 9.17) is 15.9 Å². The number of hydrogen-bond donors (Lipinski definition) is 1. The minimum absolute atomic E-state index is 0.125. The van der Waals surface area contributed by atoms with E-state index in [2.05, 4.69) is 11.2 Å². The van der Waals surface area contributed by atoms with E-state index >= 15 is 0 Å². The summed E-state index contributed by atoms with van der Waals surface area (Å²) >= 11 is 0. The van der Waals surface area contributed by atoms with Crippen LogP contribution in [0.1, 0.15) is 23.2 Å². The van der Waals surface area contributed by atoms with E-state index in [9.17, 15) is 4.79 Å². The Morgan fingerprint density at radius 1 is 1.41 bits per heavy atom. The summed E-state index contributed by atoms with van der Waals surface area (Å²) in [6.07, 6.45) is 6.58. The molecule has 0 radical (unpaired) electrons. The first kappa shape index (κ1) is 11.3. The first-order valence-electron chi connectivity index (χ1n) is 5.42. The van der Waals surface area contributed by atoms with Crippen LogP contribution in [-0.2, 0) is 0 Å². The normalized spacial score (nSPS) is 11.9. The predicted octanol–water partition coefficient (Wildman–Crippen LogP) is 1.56. The van der Waals surface area contributed by atoms with Crippen LogP contribution in [-0.4, -0.2) is 19.2 Å². The van der Waals surface area contributed by atoms with Crippen LogP contribution in [0.5, 0.6) is 11.5 Å². The molecule has 1 aliphatic rings. The van der Waals surface area contributed by atoms with E-state index in [1.54, 1.807) is 18.2 Å². The van der Waals surface area contributed by atoms with Gasteiger partial charge in [0.05, 0.1) is 0 Å². The van der Waals surface area contributed by atoms with Crippen molar-refractivity contribution in [1.82, 2.24) is 5.32 Å². The second kappa shape index (κ2) is 5.26. The largest absolute Gasteiger partial charge is 0.454 e. The van der Waals surface area contributed by atoms with Crippen molar-refractivity contribution in [2.45, 2.75) is 12.8 Å². The van der Waals surface area contributed by atoms with E-state index in [0.29, 0.717) is 30.0 Å². The molecule has 1 heterocycles. The van der Waals surface area contributed by atoms with Gasteiger partial charge >= 0.3 is 0 Å². The van der Waals surface area contributed by atoms with E-state index in [1.807, 2.05) is 0 Å². The van der Waals surface area contributed by atoms with Crippen LogP contribution in [0.15, 0.2) is 18.2 Å². The smallest absolute Gasteiger partial charge is 0.251 e. The van der Waals surface area contributed by atoms with Gasteiger partial charge in [-0.05, 0) is 24.6 Å². The SMILES string of the molecule is C#CCCCNC(=O)c1ccc2c(c1)OCO2. The van der Waals surface area contributed by atoms with Gasteiger partial charge in [0.15, 0.2) is 11.5 Å². The lowest BCUT2D eigenvalue weighted by atomic mass is 10.2. The summed E-state index contributed by atoms with van der Waals surface area (Å²) in [6.45, 7) is 0.792. The lowest BCUT2D eigenvalue weighted by Crippen LogP contribution is -2.24. The Bertz CT molecular complexity index is 462. The number of carbonyl (C=O) groups excluding carboxylic acids is 1. The lowest BCUT2D eigenvalue weighted by Gasteiger charge is -2.04. The summed E-state index contributed by atoms with van der Waals surface area (Å²) < 4.78 is 10.4. The van der Waals surface area contributed by atoms with Gasteiger partial charge in [0.2, 0.25) is 6.79 Å².